The summed E-state index contributed by atoms with van der Waals surface area (Å²) in [6.07, 6.45) is 1.06. The number of aldehydes is 1. The molecule has 0 N–H and O–H groups in total. The lowest BCUT2D eigenvalue weighted by Gasteiger charge is -2.46. The third kappa shape index (κ3) is 3.45. The summed E-state index contributed by atoms with van der Waals surface area (Å²) in [6, 6.07) is 0. The van der Waals surface area contributed by atoms with Crippen molar-refractivity contribution in [2.24, 2.45) is 0 Å². The standard InChI is InChI=1S/C10H18NO3P/c1-9(2,3)14-8(13)11-6-10(15,7-11)4-5-12/h5H,4,6-7,15H2,1-3H3. The molecule has 1 atom stereocenters. The highest BCUT2D eigenvalue weighted by Gasteiger charge is 2.42. The largest absolute Gasteiger partial charge is 0.444 e. The van der Waals surface area contributed by atoms with E-state index in [9.17, 15) is 9.59 Å². The molecule has 0 bridgehead atoms. The molecule has 86 valence electrons. The number of hydrogen-bond donors (Lipinski definition) is 0. The van der Waals surface area contributed by atoms with Crippen LogP contribution in [0.25, 0.3) is 0 Å². The number of likely N-dealkylation sites (tertiary alicyclic amines) is 1. The lowest BCUT2D eigenvalue weighted by molar-refractivity contribution is -0.109. The number of hydrogen-bond acceptors (Lipinski definition) is 3. The van der Waals surface area contributed by atoms with Crippen LogP contribution >= 0.6 is 9.24 Å². The van der Waals surface area contributed by atoms with E-state index in [-0.39, 0.29) is 11.2 Å². The van der Waals surface area contributed by atoms with E-state index >= 15 is 0 Å². The number of nitrogens with zero attached hydrogens (tertiary/aromatic N) is 1. The maximum absolute atomic E-state index is 11.5. The molecule has 1 unspecified atom stereocenters. The molecule has 1 aliphatic heterocycles. The van der Waals surface area contributed by atoms with Crippen LogP contribution in [0.4, 0.5) is 4.79 Å². The van der Waals surface area contributed by atoms with Crippen LogP contribution in [0.5, 0.6) is 0 Å². The van der Waals surface area contributed by atoms with Crippen molar-refractivity contribution in [1.82, 2.24) is 4.90 Å². The number of carbonyl (C=O) groups is 2. The summed E-state index contributed by atoms with van der Waals surface area (Å²) in [4.78, 5) is 23.5. The molecule has 1 fully saturated rings. The highest BCUT2D eigenvalue weighted by atomic mass is 31.0. The van der Waals surface area contributed by atoms with Gasteiger partial charge in [-0.2, -0.15) is 0 Å². The van der Waals surface area contributed by atoms with Crippen molar-refractivity contribution in [3.8, 4) is 0 Å². The molecule has 1 heterocycles. The van der Waals surface area contributed by atoms with Crippen LogP contribution in [0.3, 0.4) is 0 Å². The van der Waals surface area contributed by atoms with Gasteiger partial charge in [0.1, 0.15) is 11.9 Å². The maximum Gasteiger partial charge on any atom is 0.410 e. The first-order chi connectivity index (χ1) is 6.76. The number of carbonyl (C=O) groups excluding carboxylic acids is 2. The summed E-state index contributed by atoms with van der Waals surface area (Å²) in [5, 5.41) is -0.126. The van der Waals surface area contributed by atoms with Gasteiger partial charge >= 0.3 is 6.09 Å². The SMILES string of the molecule is CC(C)(C)OC(=O)N1CC(P)(CC=O)C1. The maximum atomic E-state index is 11.5. The highest BCUT2D eigenvalue weighted by molar-refractivity contribution is 7.19. The van der Waals surface area contributed by atoms with Crippen LogP contribution in [-0.2, 0) is 9.53 Å². The molecule has 1 amide bonds. The van der Waals surface area contributed by atoms with E-state index < -0.39 is 5.60 Å². The summed E-state index contributed by atoms with van der Waals surface area (Å²) in [7, 11) is 2.64. The molecule has 1 aliphatic rings. The van der Waals surface area contributed by atoms with Gasteiger partial charge in [0.05, 0.1) is 0 Å². The van der Waals surface area contributed by atoms with E-state index in [1.165, 1.54) is 0 Å². The fraction of sp³-hybridized carbons (Fsp3) is 0.800. The van der Waals surface area contributed by atoms with Crippen LogP contribution in [-0.4, -0.2) is 41.1 Å². The van der Waals surface area contributed by atoms with Gasteiger partial charge in [-0.25, -0.2) is 4.79 Å². The predicted octanol–water partition coefficient (Wildman–Crippen LogP) is 1.44. The monoisotopic (exact) mass is 231 g/mol. The molecule has 1 rings (SSSR count). The van der Waals surface area contributed by atoms with Gasteiger partial charge in [0.25, 0.3) is 0 Å². The van der Waals surface area contributed by atoms with Crippen LogP contribution in [0.1, 0.15) is 27.2 Å². The topological polar surface area (TPSA) is 46.6 Å². The zero-order valence-corrected chi connectivity index (χ0v) is 10.6. The van der Waals surface area contributed by atoms with Gasteiger partial charge in [-0.05, 0) is 20.8 Å². The Morgan fingerprint density at radius 3 is 2.47 bits per heavy atom. The molecule has 0 aromatic rings. The minimum Gasteiger partial charge on any atom is -0.444 e. The lowest BCUT2D eigenvalue weighted by Crippen LogP contribution is -2.60. The quantitative estimate of drug-likeness (QED) is 0.533. The fourth-order valence-electron chi connectivity index (χ4n) is 1.46. The van der Waals surface area contributed by atoms with Gasteiger partial charge in [0, 0.05) is 24.7 Å². The van der Waals surface area contributed by atoms with Gasteiger partial charge in [-0.3, -0.25) is 0 Å². The van der Waals surface area contributed by atoms with Crippen LogP contribution < -0.4 is 0 Å². The average molecular weight is 231 g/mol. The Bertz CT molecular complexity index is 266. The molecule has 0 saturated carbocycles. The fourth-order valence-corrected chi connectivity index (χ4v) is 2.00. The van der Waals surface area contributed by atoms with Gasteiger partial charge < -0.3 is 14.4 Å². The third-order valence-corrected chi connectivity index (χ3v) is 2.75. The molecule has 0 aromatic carbocycles. The molecule has 4 nitrogen and oxygen atoms in total. The normalized spacial score (nSPS) is 19.3. The Hall–Kier alpha value is -0.630. The first kappa shape index (κ1) is 12.4. The molecule has 0 spiro atoms. The van der Waals surface area contributed by atoms with Crippen molar-refractivity contribution in [2.45, 2.75) is 37.9 Å². The van der Waals surface area contributed by atoms with Gasteiger partial charge in [-0.1, -0.05) is 0 Å². The summed E-state index contributed by atoms with van der Waals surface area (Å²) < 4.78 is 5.20. The molecule has 0 radical (unpaired) electrons. The Balaban J connectivity index is 2.38. The zero-order chi connectivity index (χ0) is 11.7. The minimum atomic E-state index is -0.457. The number of amides is 1. The third-order valence-electron chi connectivity index (χ3n) is 2.15. The summed E-state index contributed by atoms with van der Waals surface area (Å²) in [5.41, 5.74) is -0.457. The first-order valence-electron chi connectivity index (χ1n) is 4.96. The second-order valence-corrected chi connectivity index (χ2v) is 6.29. The van der Waals surface area contributed by atoms with Crippen LogP contribution in [0, 0.1) is 0 Å². The molecular formula is C10H18NO3P. The van der Waals surface area contributed by atoms with Gasteiger partial charge in [0.2, 0.25) is 0 Å². The highest BCUT2D eigenvalue weighted by Crippen LogP contribution is 2.33. The summed E-state index contributed by atoms with van der Waals surface area (Å²) in [5.74, 6) is 0. The molecule has 0 aromatic heterocycles. The Morgan fingerprint density at radius 1 is 1.53 bits per heavy atom. The van der Waals surface area contributed by atoms with Crippen molar-refractivity contribution < 1.29 is 14.3 Å². The smallest absolute Gasteiger partial charge is 0.410 e. The first-order valence-corrected chi connectivity index (χ1v) is 5.54. The second-order valence-electron chi connectivity index (χ2n) is 5.07. The number of rotatable bonds is 2. The van der Waals surface area contributed by atoms with Crippen molar-refractivity contribution in [3.05, 3.63) is 0 Å². The lowest BCUT2D eigenvalue weighted by atomic mass is 9.96. The van der Waals surface area contributed by atoms with Crippen molar-refractivity contribution >= 4 is 21.6 Å². The van der Waals surface area contributed by atoms with Gasteiger partial charge in [-0.15, -0.1) is 9.24 Å². The second kappa shape index (κ2) is 4.09. The zero-order valence-electron chi connectivity index (χ0n) is 9.45. The molecule has 1 saturated heterocycles. The Kier molecular flexibility index (Phi) is 3.39. The van der Waals surface area contributed by atoms with Crippen molar-refractivity contribution in [3.63, 3.8) is 0 Å². The predicted molar refractivity (Wildman–Crippen MR) is 60.9 cm³/mol. The Morgan fingerprint density at radius 2 is 2.07 bits per heavy atom. The summed E-state index contributed by atoms with van der Waals surface area (Å²) in [6.45, 7) is 6.66. The molecule has 15 heavy (non-hydrogen) atoms. The van der Waals surface area contributed by atoms with Gasteiger partial charge in [0.15, 0.2) is 0 Å². The molecule has 0 aliphatic carbocycles. The minimum absolute atomic E-state index is 0.126. The average Bonchev–Trinajstić information content (AvgIpc) is 1.96. The van der Waals surface area contributed by atoms with E-state index in [4.69, 9.17) is 4.74 Å². The molecular weight excluding hydrogens is 213 g/mol. The van der Waals surface area contributed by atoms with E-state index in [1.54, 1.807) is 4.90 Å². The summed E-state index contributed by atoms with van der Waals surface area (Å²) >= 11 is 0. The van der Waals surface area contributed by atoms with E-state index in [0.29, 0.717) is 19.5 Å². The van der Waals surface area contributed by atoms with Crippen molar-refractivity contribution in [2.75, 3.05) is 13.1 Å². The Labute approximate surface area is 92.5 Å². The number of ether oxygens (including phenoxy) is 1. The van der Waals surface area contributed by atoms with Crippen LogP contribution in [0.2, 0.25) is 0 Å². The van der Waals surface area contributed by atoms with E-state index in [1.807, 2.05) is 20.8 Å². The van der Waals surface area contributed by atoms with E-state index in [0.717, 1.165) is 6.29 Å². The molecule has 5 heteroatoms. The van der Waals surface area contributed by atoms with E-state index in [2.05, 4.69) is 9.24 Å². The van der Waals surface area contributed by atoms with Crippen molar-refractivity contribution in [1.29, 1.82) is 0 Å². The van der Waals surface area contributed by atoms with Crippen LogP contribution in [0.15, 0.2) is 0 Å².